The van der Waals surface area contributed by atoms with Crippen molar-refractivity contribution in [3.05, 3.63) is 40.3 Å². The molecule has 2 N–H and O–H groups in total. The highest BCUT2D eigenvalue weighted by Gasteiger charge is 2.40. The minimum absolute atomic E-state index is 0.124. The van der Waals surface area contributed by atoms with Crippen LogP contribution in [0.5, 0.6) is 0 Å². The maximum absolute atomic E-state index is 12.6. The summed E-state index contributed by atoms with van der Waals surface area (Å²) in [5, 5.41) is 18.1. The van der Waals surface area contributed by atoms with Crippen LogP contribution in [0.25, 0.3) is 6.08 Å². The average Bonchev–Trinajstić information content (AvgIpc) is 2.83. The summed E-state index contributed by atoms with van der Waals surface area (Å²) in [4.78, 5) is 36.1. The van der Waals surface area contributed by atoms with E-state index in [0.717, 1.165) is 28.6 Å². The van der Waals surface area contributed by atoms with Crippen LogP contribution in [0, 0.1) is 0 Å². The lowest BCUT2D eigenvalue weighted by Gasteiger charge is -2.22. The number of carbonyl (C=O) groups is 3. The number of amides is 1. The molecular weight excluding hydrogens is 362 g/mol. The number of hydrogen-bond acceptors (Lipinski definition) is 5. The van der Waals surface area contributed by atoms with Crippen LogP contribution in [0.1, 0.15) is 30.9 Å². The Morgan fingerprint density at radius 1 is 1.28 bits per heavy atom. The van der Waals surface area contributed by atoms with Gasteiger partial charge in [-0.2, -0.15) is 0 Å². The minimum Gasteiger partial charge on any atom is -0.481 e. The lowest BCUT2D eigenvalue weighted by Crippen LogP contribution is -2.44. The number of hydrogen-bond donors (Lipinski definition) is 2. The van der Waals surface area contributed by atoms with E-state index >= 15 is 0 Å². The zero-order valence-electron chi connectivity index (χ0n) is 13.5. The molecule has 1 aromatic rings. The third-order valence-corrected chi connectivity index (χ3v) is 5.07. The number of thiocarbonyl (C=S) groups is 1. The standard InChI is InChI=1S/C17H17NO5S2/c1-2-10-3-5-11(6-4-10)9-13-15(21)18(17(24)25-13)12(16(22)23)7-8-14(19)20/h3-6,9,12H,2,7-8H2,1H3,(H,19,20)(H,22,23)/b13-9+. The summed E-state index contributed by atoms with van der Waals surface area (Å²) in [6.07, 6.45) is 2.02. The Morgan fingerprint density at radius 2 is 1.92 bits per heavy atom. The number of carboxylic acids is 2. The summed E-state index contributed by atoms with van der Waals surface area (Å²) < 4.78 is 0.124. The topological polar surface area (TPSA) is 94.9 Å². The molecule has 1 heterocycles. The summed E-state index contributed by atoms with van der Waals surface area (Å²) >= 11 is 6.17. The average molecular weight is 379 g/mol. The van der Waals surface area contributed by atoms with Crippen molar-refractivity contribution in [1.82, 2.24) is 4.90 Å². The molecule has 0 saturated carbocycles. The molecule has 1 unspecified atom stereocenters. The highest BCUT2D eigenvalue weighted by Crippen LogP contribution is 2.35. The Bertz CT molecular complexity index is 742. The number of rotatable bonds is 7. The van der Waals surface area contributed by atoms with Crippen LogP contribution in [-0.2, 0) is 20.8 Å². The molecule has 1 saturated heterocycles. The Labute approximate surface area is 154 Å². The summed E-state index contributed by atoms with van der Waals surface area (Å²) in [5.74, 6) is -2.90. The molecule has 0 aromatic heterocycles. The fraction of sp³-hybridized carbons (Fsp3) is 0.294. The normalized spacial score (nSPS) is 17.2. The van der Waals surface area contributed by atoms with Gasteiger partial charge in [-0.25, -0.2) is 4.79 Å². The second-order valence-electron chi connectivity index (χ2n) is 5.43. The molecule has 1 fully saturated rings. The quantitative estimate of drug-likeness (QED) is 0.555. The van der Waals surface area contributed by atoms with Crippen molar-refractivity contribution in [3.8, 4) is 0 Å². The Hall–Kier alpha value is -2.19. The van der Waals surface area contributed by atoms with E-state index in [9.17, 15) is 19.5 Å². The van der Waals surface area contributed by atoms with E-state index in [1.807, 2.05) is 31.2 Å². The van der Waals surface area contributed by atoms with Crippen LogP contribution >= 0.6 is 24.0 Å². The molecule has 0 radical (unpaired) electrons. The van der Waals surface area contributed by atoms with Gasteiger partial charge in [0.15, 0.2) is 0 Å². The number of aryl methyl sites for hydroxylation is 1. The molecule has 1 aliphatic rings. The second kappa shape index (κ2) is 8.26. The molecule has 132 valence electrons. The first-order valence-corrected chi connectivity index (χ1v) is 8.86. The third kappa shape index (κ3) is 4.67. The highest BCUT2D eigenvalue weighted by atomic mass is 32.2. The van der Waals surface area contributed by atoms with Gasteiger partial charge in [0.1, 0.15) is 10.4 Å². The van der Waals surface area contributed by atoms with Gasteiger partial charge in [-0.15, -0.1) is 0 Å². The SMILES string of the molecule is CCc1ccc(/C=C2/SC(=S)N(C(CCC(=O)O)C(=O)O)C2=O)cc1. The van der Waals surface area contributed by atoms with E-state index in [4.69, 9.17) is 17.3 Å². The molecule has 0 aliphatic carbocycles. The Kier molecular flexibility index (Phi) is 6.33. The van der Waals surface area contributed by atoms with Crippen LogP contribution in [0.4, 0.5) is 0 Å². The van der Waals surface area contributed by atoms with Crippen LogP contribution in [0.15, 0.2) is 29.2 Å². The van der Waals surface area contributed by atoms with E-state index in [2.05, 4.69) is 0 Å². The number of nitrogens with zero attached hydrogens (tertiary/aromatic N) is 1. The summed E-state index contributed by atoms with van der Waals surface area (Å²) in [7, 11) is 0. The van der Waals surface area contributed by atoms with Gasteiger partial charge in [-0.3, -0.25) is 14.5 Å². The minimum atomic E-state index is -1.28. The van der Waals surface area contributed by atoms with Gasteiger partial charge in [-0.05, 0) is 30.0 Å². The van der Waals surface area contributed by atoms with E-state index in [1.165, 1.54) is 5.56 Å². The van der Waals surface area contributed by atoms with Crippen molar-refractivity contribution >= 4 is 52.2 Å². The summed E-state index contributed by atoms with van der Waals surface area (Å²) in [5.41, 5.74) is 1.99. The van der Waals surface area contributed by atoms with Gasteiger partial charge < -0.3 is 10.2 Å². The lowest BCUT2D eigenvalue weighted by atomic mass is 10.1. The molecule has 0 bridgehead atoms. The van der Waals surface area contributed by atoms with Crippen LogP contribution in [0.2, 0.25) is 0 Å². The maximum Gasteiger partial charge on any atom is 0.326 e. The number of benzene rings is 1. The number of carbonyl (C=O) groups excluding carboxylic acids is 1. The van der Waals surface area contributed by atoms with Gasteiger partial charge in [0, 0.05) is 6.42 Å². The van der Waals surface area contributed by atoms with E-state index < -0.39 is 23.9 Å². The zero-order chi connectivity index (χ0) is 18.6. The van der Waals surface area contributed by atoms with Crippen molar-refractivity contribution in [2.45, 2.75) is 32.2 Å². The largest absolute Gasteiger partial charge is 0.481 e. The Balaban J connectivity index is 2.23. The van der Waals surface area contributed by atoms with Gasteiger partial charge in [0.05, 0.1) is 4.91 Å². The monoisotopic (exact) mass is 379 g/mol. The first-order valence-electron chi connectivity index (χ1n) is 7.64. The molecule has 1 atom stereocenters. The van der Waals surface area contributed by atoms with Gasteiger partial charge in [0.2, 0.25) is 0 Å². The van der Waals surface area contributed by atoms with Gasteiger partial charge >= 0.3 is 11.9 Å². The number of aliphatic carboxylic acids is 2. The molecule has 0 spiro atoms. The summed E-state index contributed by atoms with van der Waals surface area (Å²) in [6, 6.07) is 6.39. The zero-order valence-corrected chi connectivity index (χ0v) is 15.1. The van der Waals surface area contributed by atoms with Crippen LogP contribution < -0.4 is 0 Å². The fourth-order valence-electron chi connectivity index (χ4n) is 2.37. The molecule has 8 heteroatoms. The predicted molar refractivity (Wildman–Crippen MR) is 99.1 cm³/mol. The van der Waals surface area contributed by atoms with E-state index in [1.54, 1.807) is 6.08 Å². The third-order valence-electron chi connectivity index (χ3n) is 3.74. The molecule has 1 amide bonds. The summed E-state index contributed by atoms with van der Waals surface area (Å²) in [6.45, 7) is 2.04. The molecule has 1 aromatic carbocycles. The van der Waals surface area contributed by atoms with Crippen molar-refractivity contribution in [1.29, 1.82) is 0 Å². The van der Waals surface area contributed by atoms with E-state index in [0.29, 0.717) is 4.91 Å². The molecule has 6 nitrogen and oxygen atoms in total. The van der Waals surface area contributed by atoms with E-state index in [-0.39, 0.29) is 17.2 Å². The van der Waals surface area contributed by atoms with Gasteiger partial charge in [-0.1, -0.05) is 55.2 Å². The smallest absolute Gasteiger partial charge is 0.326 e. The first-order chi connectivity index (χ1) is 11.8. The van der Waals surface area contributed by atoms with Crippen LogP contribution in [-0.4, -0.2) is 43.3 Å². The molecule has 1 aliphatic heterocycles. The van der Waals surface area contributed by atoms with Gasteiger partial charge in [0.25, 0.3) is 5.91 Å². The van der Waals surface area contributed by atoms with Crippen molar-refractivity contribution in [3.63, 3.8) is 0 Å². The second-order valence-corrected chi connectivity index (χ2v) is 7.11. The highest BCUT2D eigenvalue weighted by molar-refractivity contribution is 8.26. The van der Waals surface area contributed by atoms with Crippen LogP contribution in [0.3, 0.4) is 0 Å². The molecular formula is C17H17NO5S2. The fourth-order valence-corrected chi connectivity index (χ4v) is 3.73. The molecule has 2 rings (SSSR count). The maximum atomic E-state index is 12.6. The number of carboxylic acid groups (broad SMARTS) is 2. The number of thioether (sulfide) groups is 1. The lowest BCUT2D eigenvalue weighted by molar-refractivity contribution is -0.146. The first kappa shape index (κ1) is 19.1. The Morgan fingerprint density at radius 3 is 2.44 bits per heavy atom. The van der Waals surface area contributed by atoms with Crippen molar-refractivity contribution in [2.24, 2.45) is 0 Å². The molecule has 25 heavy (non-hydrogen) atoms. The van der Waals surface area contributed by atoms with Crippen molar-refractivity contribution in [2.75, 3.05) is 0 Å². The predicted octanol–water partition coefficient (Wildman–Crippen LogP) is 2.77. The van der Waals surface area contributed by atoms with Crippen molar-refractivity contribution < 1.29 is 24.6 Å².